The Kier molecular flexibility index (Phi) is 6.47. The predicted molar refractivity (Wildman–Crippen MR) is 74.0 cm³/mol. The van der Waals surface area contributed by atoms with Gasteiger partial charge in [0.05, 0.1) is 13.0 Å². The van der Waals surface area contributed by atoms with Crippen LogP contribution in [0.4, 0.5) is 0 Å². The Bertz CT molecular complexity index is 368. The van der Waals surface area contributed by atoms with Crippen LogP contribution < -0.4 is 0 Å². The zero-order valence-electron chi connectivity index (χ0n) is 14.4. The second-order valence-corrected chi connectivity index (χ2v) is 4.61. The van der Waals surface area contributed by atoms with Gasteiger partial charge in [0, 0.05) is 17.5 Å². The standard InChI is InChI=1S/C14H26N2O2/c1-4-5-6-7-8-9-13(18)10-14(15)16(3)11-12(2)17/h15H,4-11H2,1-3H3/i3D3. The van der Waals surface area contributed by atoms with Crippen molar-refractivity contribution in [2.45, 2.75) is 58.8 Å². The van der Waals surface area contributed by atoms with Crippen LogP contribution in [0.2, 0.25) is 0 Å². The minimum absolute atomic E-state index is 0.144. The molecule has 0 aliphatic carbocycles. The van der Waals surface area contributed by atoms with Crippen LogP contribution in [0.1, 0.15) is 62.9 Å². The lowest BCUT2D eigenvalue weighted by molar-refractivity contribution is -0.119. The first-order chi connectivity index (χ1) is 9.68. The zero-order valence-corrected chi connectivity index (χ0v) is 11.4. The highest BCUT2D eigenvalue weighted by atomic mass is 16.1. The van der Waals surface area contributed by atoms with Crippen molar-refractivity contribution in [3.63, 3.8) is 0 Å². The fourth-order valence-corrected chi connectivity index (χ4v) is 1.61. The first-order valence-electron chi connectivity index (χ1n) is 8.04. The topological polar surface area (TPSA) is 61.2 Å². The van der Waals surface area contributed by atoms with Crippen molar-refractivity contribution in [2.24, 2.45) is 0 Å². The Morgan fingerprint density at radius 1 is 1.22 bits per heavy atom. The van der Waals surface area contributed by atoms with Crippen LogP contribution in [0, 0.1) is 5.41 Å². The van der Waals surface area contributed by atoms with Crippen LogP contribution in [0.5, 0.6) is 0 Å². The van der Waals surface area contributed by atoms with Crippen molar-refractivity contribution < 1.29 is 13.7 Å². The summed E-state index contributed by atoms with van der Waals surface area (Å²) in [6.07, 6.45) is 5.26. The van der Waals surface area contributed by atoms with Gasteiger partial charge in [0.15, 0.2) is 0 Å². The highest BCUT2D eigenvalue weighted by Crippen LogP contribution is 2.07. The maximum atomic E-state index is 11.8. The Labute approximate surface area is 114 Å². The van der Waals surface area contributed by atoms with Gasteiger partial charge in [-0.1, -0.05) is 32.6 Å². The van der Waals surface area contributed by atoms with E-state index in [9.17, 15) is 9.59 Å². The third-order valence-electron chi connectivity index (χ3n) is 2.63. The lowest BCUT2D eigenvalue weighted by atomic mass is 10.1. The maximum absolute atomic E-state index is 11.8. The highest BCUT2D eigenvalue weighted by Gasteiger charge is 2.11. The van der Waals surface area contributed by atoms with E-state index in [0.717, 1.165) is 37.0 Å². The number of nitrogens with zero attached hydrogens (tertiary/aromatic N) is 1. The average molecular weight is 257 g/mol. The molecule has 0 aromatic rings. The van der Waals surface area contributed by atoms with Gasteiger partial charge in [0.1, 0.15) is 17.4 Å². The van der Waals surface area contributed by atoms with Gasteiger partial charge in [-0.05, 0) is 13.3 Å². The summed E-state index contributed by atoms with van der Waals surface area (Å²) in [4.78, 5) is 23.6. The molecule has 0 fully saturated rings. The Morgan fingerprint density at radius 2 is 1.89 bits per heavy atom. The van der Waals surface area contributed by atoms with E-state index in [-0.39, 0.29) is 30.4 Å². The molecule has 0 atom stereocenters. The summed E-state index contributed by atoms with van der Waals surface area (Å²) in [5, 5.41) is 7.76. The summed E-state index contributed by atoms with van der Waals surface area (Å²) in [5.74, 6) is -0.791. The van der Waals surface area contributed by atoms with Crippen LogP contribution in [0.15, 0.2) is 0 Å². The summed E-state index contributed by atoms with van der Waals surface area (Å²) < 4.78 is 22.0. The van der Waals surface area contributed by atoms with E-state index in [2.05, 4.69) is 6.92 Å². The molecule has 0 amide bonds. The Hall–Kier alpha value is -1.19. The van der Waals surface area contributed by atoms with Gasteiger partial charge in [-0.2, -0.15) is 0 Å². The molecule has 0 aromatic heterocycles. The van der Waals surface area contributed by atoms with Gasteiger partial charge < -0.3 is 4.90 Å². The van der Waals surface area contributed by atoms with E-state index < -0.39 is 6.98 Å². The molecule has 0 aliphatic rings. The number of amidine groups is 1. The van der Waals surface area contributed by atoms with E-state index in [4.69, 9.17) is 9.52 Å². The molecule has 0 radical (unpaired) electrons. The molecule has 4 nitrogen and oxygen atoms in total. The Balaban J connectivity index is 4.29. The van der Waals surface area contributed by atoms with Gasteiger partial charge in [0.2, 0.25) is 0 Å². The summed E-state index contributed by atoms with van der Waals surface area (Å²) >= 11 is 0. The maximum Gasteiger partial charge on any atom is 0.149 e. The first-order valence-corrected chi connectivity index (χ1v) is 6.54. The van der Waals surface area contributed by atoms with Crippen LogP contribution >= 0.6 is 0 Å². The summed E-state index contributed by atoms with van der Waals surface area (Å²) in [5.41, 5.74) is 0. The van der Waals surface area contributed by atoms with Crippen molar-refractivity contribution >= 4 is 17.4 Å². The largest absolute Gasteiger partial charge is 0.356 e. The number of carbonyl (C=O) groups is 2. The van der Waals surface area contributed by atoms with Crippen molar-refractivity contribution in [3.8, 4) is 0 Å². The molecule has 0 heterocycles. The molecule has 104 valence electrons. The number of hydrogen-bond donors (Lipinski definition) is 1. The molecular formula is C14H26N2O2. The summed E-state index contributed by atoms with van der Waals surface area (Å²) in [7, 11) is 0. The molecule has 0 unspecified atom stereocenters. The third-order valence-corrected chi connectivity index (χ3v) is 2.63. The van der Waals surface area contributed by atoms with Crippen LogP contribution in [0.25, 0.3) is 0 Å². The molecular weight excluding hydrogens is 228 g/mol. The van der Waals surface area contributed by atoms with Crippen LogP contribution in [-0.2, 0) is 9.59 Å². The summed E-state index contributed by atoms with van der Waals surface area (Å²) in [6, 6.07) is 0. The number of carbonyl (C=O) groups excluding carboxylic acids is 2. The molecule has 4 heteroatoms. The summed E-state index contributed by atoms with van der Waals surface area (Å²) in [6.45, 7) is 0.454. The monoisotopic (exact) mass is 257 g/mol. The van der Waals surface area contributed by atoms with E-state index in [0.29, 0.717) is 6.42 Å². The average Bonchev–Trinajstić information content (AvgIpc) is 2.34. The Morgan fingerprint density at radius 3 is 2.44 bits per heavy atom. The number of unbranched alkanes of at least 4 members (excludes halogenated alkanes) is 4. The predicted octanol–water partition coefficient (Wildman–Crippen LogP) is 2.80. The lowest BCUT2D eigenvalue weighted by Crippen LogP contribution is -2.31. The molecule has 1 N–H and O–H groups in total. The molecule has 0 rings (SSSR count). The molecule has 0 saturated heterocycles. The van der Waals surface area contributed by atoms with Crippen molar-refractivity contribution in [3.05, 3.63) is 0 Å². The normalized spacial score (nSPS) is 13.3. The van der Waals surface area contributed by atoms with Crippen molar-refractivity contribution in [1.82, 2.24) is 4.90 Å². The van der Waals surface area contributed by atoms with E-state index >= 15 is 0 Å². The first kappa shape index (κ1) is 11.9. The second kappa shape index (κ2) is 9.80. The molecule has 0 aromatic carbocycles. The minimum Gasteiger partial charge on any atom is -0.356 e. The van der Waals surface area contributed by atoms with Gasteiger partial charge in [-0.25, -0.2) is 0 Å². The van der Waals surface area contributed by atoms with Crippen molar-refractivity contribution in [2.75, 3.05) is 13.5 Å². The quantitative estimate of drug-likeness (QED) is 0.372. The molecule has 0 aliphatic heterocycles. The van der Waals surface area contributed by atoms with Gasteiger partial charge in [-0.15, -0.1) is 0 Å². The number of nitrogens with one attached hydrogen (secondary N) is 1. The number of likely N-dealkylation sites (N-methyl/N-ethyl adjacent to an activating group) is 1. The van der Waals surface area contributed by atoms with E-state index in [1.165, 1.54) is 6.92 Å². The van der Waals surface area contributed by atoms with Crippen LogP contribution in [-0.4, -0.2) is 35.8 Å². The SMILES string of the molecule is [2H]C([2H])([2H])N(CC(C)=O)C(=N)CC(=O)CCCCCCC. The molecule has 18 heavy (non-hydrogen) atoms. The fraction of sp³-hybridized carbons (Fsp3) is 0.786. The molecule has 0 spiro atoms. The molecule has 0 bridgehead atoms. The second-order valence-electron chi connectivity index (χ2n) is 4.61. The minimum atomic E-state index is -2.57. The lowest BCUT2D eigenvalue weighted by Gasteiger charge is -2.17. The van der Waals surface area contributed by atoms with E-state index in [1.54, 1.807) is 0 Å². The smallest absolute Gasteiger partial charge is 0.149 e. The zero-order chi connectivity index (χ0) is 16.5. The van der Waals surface area contributed by atoms with E-state index in [1.807, 2.05) is 0 Å². The molecule has 0 saturated carbocycles. The van der Waals surface area contributed by atoms with Gasteiger partial charge in [0.25, 0.3) is 0 Å². The number of hydrogen-bond acceptors (Lipinski definition) is 3. The number of rotatable bonds is 10. The van der Waals surface area contributed by atoms with Crippen molar-refractivity contribution in [1.29, 1.82) is 5.41 Å². The number of Topliss-reactive ketones (excluding diaryl/α,β-unsaturated/α-hetero) is 2. The third kappa shape index (κ3) is 8.90. The fourth-order valence-electron chi connectivity index (χ4n) is 1.61. The van der Waals surface area contributed by atoms with Gasteiger partial charge in [-0.3, -0.25) is 15.0 Å². The number of ketones is 2. The highest BCUT2D eigenvalue weighted by molar-refractivity contribution is 6.00. The van der Waals surface area contributed by atoms with Crippen LogP contribution in [0.3, 0.4) is 0 Å². The van der Waals surface area contributed by atoms with Gasteiger partial charge >= 0.3 is 0 Å².